The number of hydrogen-bond donors (Lipinski definition) is 3. The molecule has 3 heterocycles. The zero-order chi connectivity index (χ0) is 25.4. The van der Waals surface area contributed by atoms with E-state index in [1.165, 1.54) is 4.90 Å². The first-order chi connectivity index (χ1) is 16.7. The number of amides is 3. The molecule has 3 aliphatic rings. The number of rotatable bonds is 10. The van der Waals surface area contributed by atoms with Gasteiger partial charge in [-0.2, -0.15) is 0 Å². The van der Waals surface area contributed by atoms with E-state index in [0.29, 0.717) is 25.1 Å². The Balaban J connectivity index is 1.71. The molecular weight excluding hydrogens is 446 g/mol. The summed E-state index contributed by atoms with van der Waals surface area (Å²) in [6, 6.07) is 7.77. The Labute approximate surface area is 207 Å². The van der Waals surface area contributed by atoms with Crippen LogP contribution in [0.15, 0.2) is 30.3 Å². The largest absolute Gasteiger partial charge is 0.394 e. The van der Waals surface area contributed by atoms with Crippen LogP contribution in [-0.4, -0.2) is 64.2 Å². The molecule has 8 heteroatoms. The Morgan fingerprint density at radius 2 is 1.91 bits per heavy atom. The number of aliphatic hydroxyl groups excluding tert-OH is 1. The van der Waals surface area contributed by atoms with Crippen molar-refractivity contribution in [3.05, 3.63) is 30.3 Å². The van der Waals surface area contributed by atoms with E-state index in [2.05, 4.69) is 17.6 Å². The molecule has 3 N–H and O–H groups in total. The second kappa shape index (κ2) is 9.90. The van der Waals surface area contributed by atoms with Gasteiger partial charge in [-0.1, -0.05) is 51.8 Å². The fourth-order valence-corrected chi connectivity index (χ4v) is 6.61. The van der Waals surface area contributed by atoms with Crippen LogP contribution in [0.4, 0.5) is 5.69 Å². The van der Waals surface area contributed by atoms with Gasteiger partial charge in [0.1, 0.15) is 11.6 Å². The summed E-state index contributed by atoms with van der Waals surface area (Å²) in [5.41, 5.74) is -1.31. The fourth-order valence-electron chi connectivity index (χ4n) is 6.61. The lowest BCUT2D eigenvalue weighted by Gasteiger charge is -2.36. The summed E-state index contributed by atoms with van der Waals surface area (Å²) in [6.45, 7) is 8.18. The van der Waals surface area contributed by atoms with Gasteiger partial charge in [-0.15, -0.1) is 0 Å². The molecule has 3 unspecified atom stereocenters. The Morgan fingerprint density at radius 1 is 1.20 bits per heavy atom. The summed E-state index contributed by atoms with van der Waals surface area (Å²) in [4.78, 5) is 42.8. The van der Waals surface area contributed by atoms with Gasteiger partial charge in [0.15, 0.2) is 0 Å². The van der Waals surface area contributed by atoms with E-state index >= 15 is 0 Å². The highest BCUT2D eigenvalue weighted by atomic mass is 16.5. The zero-order valence-electron chi connectivity index (χ0n) is 21.3. The normalized spacial score (nSPS) is 34.1. The van der Waals surface area contributed by atoms with Crippen LogP contribution in [0.25, 0.3) is 0 Å². The van der Waals surface area contributed by atoms with Crippen LogP contribution in [0.5, 0.6) is 0 Å². The molecule has 3 amide bonds. The van der Waals surface area contributed by atoms with Gasteiger partial charge in [-0.25, -0.2) is 0 Å². The molecule has 192 valence electrons. The molecule has 7 atom stereocenters. The van der Waals surface area contributed by atoms with Gasteiger partial charge in [-0.05, 0) is 44.2 Å². The van der Waals surface area contributed by atoms with Crippen molar-refractivity contribution in [2.24, 2.45) is 17.8 Å². The summed E-state index contributed by atoms with van der Waals surface area (Å²) in [6.07, 6.45) is 3.91. The van der Waals surface area contributed by atoms with Crippen molar-refractivity contribution >= 4 is 23.4 Å². The third kappa shape index (κ3) is 4.04. The van der Waals surface area contributed by atoms with E-state index in [1.54, 1.807) is 0 Å². The van der Waals surface area contributed by atoms with Crippen molar-refractivity contribution in [3.63, 3.8) is 0 Å². The summed E-state index contributed by atoms with van der Waals surface area (Å²) < 4.78 is 6.69. The average Bonchev–Trinajstić information content (AvgIpc) is 3.35. The predicted octanol–water partition coefficient (Wildman–Crippen LogP) is 2.71. The lowest BCUT2D eigenvalue weighted by Crippen LogP contribution is -2.58. The van der Waals surface area contributed by atoms with Gasteiger partial charge in [-0.3, -0.25) is 14.4 Å². The molecule has 4 rings (SSSR count). The molecule has 1 aromatic rings. The quantitative estimate of drug-likeness (QED) is 0.442. The van der Waals surface area contributed by atoms with Crippen molar-refractivity contribution < 1.29 is 24.2 Å². The third-order valence-corrected chi connectivity index (χ3v) is 8.48. The first kappa shape index (κ1) is 25.6. The van der Waals surface area contributed by atoms with Crippen LogP contribution >= 0.6 is 0 Å². The Morgan fingerprint density at radius 3 is 2.54 bits per heavy atom. The lowest BCUT2D eigenvalue weighted by atomic mass is 9.62. The second-order valence-electron chi connectivity index (χ2n) is 10.5. The maximum absolute atomic E-state index is 14.0. The van der Waals surface area contributed by atoms with Crippen molar-refractivity contribution in [1.29, 1.82) is 0 Å². The number of aliphatic hydroxyl groups is 1. The number of ether oxygens (including phenoxy) is 1. The molecule has 3 aliphatic heterocycles. The highest BCUT2D eigenvalue weighted by Crippen LogP contribution is 2.65. The monoisotopic (exact) mass is 485 g/mol. The summed E-state index contributed by atoms with van der Waals surface area (Å²) >= 11 is 0. The van der Waals surface area contributed by atoms with Gasteiger partial charge in [0.25, 0.3) is 0 Å². The van der Waals surface area contributed by atoms with Crippen molar-refractivity contribution in [1.82, 2.24) is 10.2 Å². The first-order valence-electron chi connectivity index (χ1n) is 13.0. The minimum atomic E-state index is -1.10. The molecule has 2 bridgehead atoms. The van der Waals surface area contributed by atoms with Gasteiger partial charge in [0, 0.05) is 12.2 Å². The molecule has 0 saturated carbocycles. The van der Waals surface area contributed by atoms with E-state index in [-0.39, 0.29) is 30.2 Å². The highest BCUT2D eigenvalue weighted by Gasteiger charge is 2.80. The molecule has 8 nitrogen and oxygen atoms in total. The number of fused-ring (bicyclic) bond motifs is 1. The number of carbonyl (C=O) groups excluding carboxylic acids is 3. The summed E-state index contributed by atoms with van der Waals surface area (Å²) in [5.74, 6) is -2.35. The van der Waals surface area contributed by atoms with E-state index in [4.69, 9.17) is 4.74 Å². The maximum atomic E-state index is 14.0. The fraction of sp³-hybridized carbons (Fsp3) is 0.667. The average molecular weight is 486 g/mol. The number of nitrogens with zero attached hydrogens (tertiary/aromatic N) is 1. The molecule has 1 aromatic carbocycles. The number of anilines is 1. The molecular formula is C27H39N3O5. The SMILES string of the molecule is CCCCCNC(=O)C1N([C@@H](CC)CO)C(=O)[C@@H]2[C@@H](C(=O)Nc3ccccc3)[C@]3(C)OC12CC3C. The summed E-state index contributed by atoms with van der Waals surface area (Å²) in [7, 11) is 0. The topological polar surface area (TPSA) is 108 Å². The molecule has 0 aromatic heterocycles. The molecule has 1 spiro atoms. The number of unbranched alkanes of at least 4 members (excludes halogenated alkanes) is 2. The van der Waals surface area contributed by atoms with Crippen LogP contribution in [0.3, 0.4) is 0 Å². The Hall–Kier alpha value is -2.45. The standard InChI is InChI=1S/C27H39N3O5/c1-5-7-11-14-28-24(33)22-27-15-17(3)26(4,35-27)20(23(32)29-18-12-9-8-10-13-18)21(27)25(34)30(22)19(6-2)16-31/h8-10,12-13,17,19-22,31H,5-7,11,14-16H2,1-4H3,(H,28,33)(H,29,32)/t17?,19-,20-,21-,22?,26+,27?/m0/s1. The van der Waals surface area contributed by atoms with E-state index < -0.39 is 35.1 Å². The zero-order valence-corrected chi connectivity index (χ0v) is 21.3. The van der Waals surface area contributed by atoms with Crippen LogP contribution in [0, 0.1) is 17.8 Å². The third-order valence-electron chi connectivity index (χ3n) is 8.48. The van der Waals surface area contributed by atoms with Crippen LogP contribution in [-0.2, 0) is 19.1 Å². The number of carbonyl (C=O) groups is 3. The molecule has 0 radical (unpaired) electrons. The van der Waals surface area contributed by atoms with Crippen molar-refractivity contribution in [2.45, 2.75) is 83.1 Å². The van der Waals surface area contributed by atoms with E-state index in [1.807, 2.05) is 51.1 Å². The smallest absolute Gasteiger partial charge is 0.245 e. The second-order valence-corrected chi connectivity index (χ2v) is 10.5. The summed E-state index contributed by atoms with van der Waals surface area (Å²) in [5, 5.41) is 16.1. The number of para-hydroxylation sites is 1. The first-order valence-corrected chi connectivity index (χ1v) is 13.0. The molecule has 3 fully saturated rings. The van der Waals surface area contributed by atoms with Gasteiger partial charge < -0.3 is 25.4 Å². The lowest BCUT2D eigenvalue weighted by molar-refractivity contribution is -0.149. The van der Waals surface area contributed by atoms with Crippen molar-refractivity contribution in [3.8, 4) is 0 Å². The number of benzene rings is 1. The predicted molar refractivity (Wildman–Crippen MR) is 132 cm³/mol. The molecule has 0 aliphatic carbocycles. The minimum Gasteiger partial charge on any atom is -0.394 e. The maximum Gasteiger partial charge on any atom is 0.245 e. The molecule has 35 heavy (non-hydrogen) atoms. The highest BCUT2D eigenvalue weighted by molar-refractivity contribution is 6.02. The Kier molecular flexibility index (Phi) is 7.25. The van der Waals surface area contributed by atoms with Crippen LogP contribution < -0.4 is 10.6 Å². The van der Waals surface area contributed by atoms with Crippen molar-refractivity contribution in [2.75, 3.05) is 18.5 Å². The van der Waals surface area contributed by atoms with E-state index in [9.17, 15) is 19.5 Å². The van der Waals surface area contributed by atoms with Gasteiger partial charge in [0.05, 0.1) is 30.1 Å². The number of hydrogen-bond acceptors (Lipinski definition) is 5. The molecule has 3 saturated heterocycles. The van der Waals surface area contributed by atoms with E-state index in [0.717, 1.165) is 19.3 Å². The number of likely N-dealkylation sites (tertiary alicyclic amines) is 1. The number of nitrogens with one attached hydrogen (secondary N) is 2. The van der Waals surface area contributed by atoms with Crippen LogP contribution in [0.2, 0.25) is 0 Å². The van der Waals surface area contributed by atoms with Crippen LogP contribution in [0.1, 0.15) is 59.8 Å². The Bertz CT molecular complexity index is 951. The van der Waals surface area contributed by atoms with Gasteiger partial charge >= 0.3 is 0 Å². The van der Waals surface area contributed by atoms with Gasteiger partial charge in [0.2, 0.25) is 17.7 Å². The minimum absolute atomic E-state index is 0.0254.